The molecule has 0 aliphatic carbocycles. The number of rotatable bonds is 1. The third kappa shape index (κ3) is 2.36. The highest BCUT2D eigenvalue weighted by Gasteiger charge is 2.39. The van der Waals surface area contributed by atoms with Crippen molar-refractivity contribution in [1.82, 2.24) is 9.80 Å². The summed E-state index contributed by atoms with van der Waals surface area (Å²) >= 11 is 0. The van der Waals surface area contributed by atoms with E-state index in [4.69, 9.17) is 0 Å². The second kappa shape index (κ2) is 3.47. The molecule has 1 rings (SSSR count). The first-order valence-electron chi connectivity index (χ1n) is 3.93. The number of imide groups is 1. The van der Waals surface area contributed by atoms with Crippen molar-refractivity contribution in [2.75, 3.05) is 20.1 Å². The van der Waals surface area contributed by atoms with Crippen molar-refractivity contribution >= 4 is 11.9 Å². The molecule has 4 nitrogen and oxygen atoms in total. The molecule has 0 aromatic carbocycles. The Labute approximate surface area is 78.3 Å². The Bertz CT molecular complexity index is 264. The fraction of sp³-hybridized carbons (Fsp3) is 0.714. The van der Waals surface area contributed by atoms with E-state index in [1.807, 2.05) is 0 Å². The number of carbonyl (C=O) groups excluding carboxylic acids is 2. The highest BCUT2D eigenvalue weighted by molar-refractivity contribution is 5.96. The molecule has 80 valence electrons. The number of nitrogens with zero attached hydrogens (tertiary/aromatic N) is 2. The Kier molecular flexibility index (Phi) is 2.68. The van der Waals surface area contributed by atoms with Crippen LogP contribution < -0.4 is 0 Å². The Hall–Kier alpha value is -1.27. The fourth-order valence-electron chi connectivity index (χ4n) is 1.14. The second-order valence-corrected chi connectivity index (χ2v) is 3.05. The molecule has 0 radical (unpaired) electrons. The van der Waals surface area contributed by atoms with E-state index in [0.717, 1.165) is 4.90 Å². The summed E-state index contributed by atoms with van der Waals surface area (Å²) in [5.74, 6) is -0.773. The summed E-state index contributed by atoms with van der Waals surface area (Å²) < 4.78 is 35.8. The number of alkyl halides is 3. The highest BCUT2D eigenvalue weighted by atomic mass is 19.4. The molecule has 0 unspecified atom stereocenters. The highest BCUT2D eigenvalue weighted by Crippen LogP contribution is 2.19. The van der Waals surface area contributed by atoms with Gasteiger partial charge in [-0.15, -0.1) is 0 Å². The minimum Gasteiger partial charge on any atom is -0.327 e. The predicted molar refractivity (Wildman–Crippen MR) is 40.4 cm³/mol. The minimum absolute atomic E-state index is 0.0572. The van der Waals surface area contributed by atoms with Crippen molar-refractivity contribution in [3.8, 4) is 0 Å². The van der Waals surface area contributed by atoms with Crippen LogP contribution in [0.3, 0.4) is 0 Å². The summed E-state index contributed by atoms with van der Waals surface area (Å²) in [5.41, 5.74) is 0. The number of amides is 3. The monoisotopic (exact) mass is 210 g/mol. The van der Waals surface area contributed by atoms with E-state index < -0.39 is 24.7 Å². The zero-order valence-electron chi connectivity index (χ0n) is 7.47. The standard InChI is InChI=1S/C7H9F3N2O2/c1-11-3-2-5(13)12(6(11)14)4-7(8,9)10/h2-4H2,1H3. The Morgan fingerprint density at radius 3 is 2.43 bits per heavy atom. The third-order valence-electron chi connectivity index (χ3n) is 1.86. The molecule has 1 heterocycles. The number of urea groups is 1. The van der Waals surface area contributed by atoms with E-state index in [0.29, 0.717) is 0 Å². The van der Waals surface area contributed by atoms with E-state index in [-0.39, 0.29) is 17.9 Å². The van der Waals surface area contributed by atoms with E-state index in [1.54, 1.807) is 0 Å². The first-order chi connectivity index (χ1) is 6.31. The second-order valence-electron chi connectivity index (χ2n) is 3.05. The molecule has 3 amide bonds. The van der Waals surface area contributed by atoms with Gasteiger partial charge >= 0.3 is 12.2 Å². The van der Waals surface area contributed by atoms with Gasteiger partial charge < -0.3 is 4.90 Å². The predicted octanol–water partition coefficient (Wildman–Crippen LogP) is 0.833. The van der Waals surface area contributed by atoms with Crippen molar-refractivity contribution < 1.29 is 22.8 Å². The molecule has 0 saturated carbocycles. The molecular weight excluding hydrogens is 201 g/mol. The molecule has 1 saturated heterocycles. The van der Waals surface area contributed by atoms with Crippen LogP contribution in [0.1, 0.15) is 6.42 Å². The van der Waals surface area contributed by atoms with Gasteiger partial charge in [0.25, 0.3) is 0 Å². The molecule has 1 aliphatic heterocycles. The van der Waals surface area contributed by atoms with E-state index in [2.05, 4.69) is 0 Å². The van der Waals surface area contributed by atoms with Crippen LogP contribution in [0, 0.1) is 0 Å². The SMILES string of the molecule is CN1CCC(=O)N(CC(F)(F)F)C1=O. The molecule has 0 atom stereocenters. The maximum Gasteiger partial charge on any atom is 0.406 e. The average molecular weight is 210 g/mol. The normalized spacial score (nSPS) is 19.1. The molecular formula is C7H9F3N2O2. The molecule has 0 bridgehead atoms. The lowest BCUT2D eigenvalue weighted by Gasteiger charge is -2.31. The quantitative estimate of drug-likeness (QED) is 0.643. The van der Waals surface area contributed by atoms with Gasteiger partial charge in [-0.1, -0.05) is 0 Å². The van der Waals surface area contributed by atoms with Crippen LogP contribution in [0.4, 0.5) is 18.0 Å². The van der Waals surface area contributed by atoms with Crippen LogP contribution in [0.2, 0.25) is 0 Å². The largest absolute Gasteiger partial charge is 0.406 e. The first kappa shape index (κ1) is 10.8. The molecule has 1 fully saturated rings. The van der Waals surface area contributed by atoms with E-state index in [9.17, 15) is 22.8 Å². The van der Waals surface area contributed by atoms with E-state index >= 15 is 0 Å². The van der Waals surface area contributed by atoms with Gasteiger partial charge in [0.2, 0.25) is 5.91 Å². The average Bonchev–Trinajstić information content (AvgIpc) is 2.04. The topological polar surface area (TPSA) is 40.6 Å². The van der Waals surface area contributed by atoms with Crippen molar-refractivity contribution in [2.24, 2.45) is 0 Å². The summed E-state index contributed by atoms with van der Waals surface area (Å²) in [6.07, 6.45) is -4.60. The summed E-state index contributed by atoms with van der Waals surface area (Å²) in [4.78, 5) is 23.5. The van der Waals surface area contributed by atoms with Crippen molar-refractivity contribution in [3.05, 3.63) is 0 Å². The van der Waals surface area contributed by atoms with Crippen molar-refractivity contribution in [2.45, 2.75) is 12.6 Å². The maximum absolute atomic E-state index is 11.9. The Morgan fingerprint density at radius 1 is 1.36 bits per heavy atom. The molecule has 1 aliphatic rings. The van der Waals surface area contributed by atoms with Crippen LogP contribution in [0.25, 0.3) is 0 Å². The number of hydrogen-bond acceptors (Lipinski definition) is 2. The van der Waals surface area contributed by atoms with Gasteiger partial charge in [0, 0.05) is 20.0 Å². The number of hydrogen-bond donors (Lipinski definition) is 0. The van der Waals surface area contributed by atoms with Crippen molar-refractivity contribution in [3.63, 3.8) is 0 Å². The molecule has 0 N–H and O–H groups in total. The summed E-state index contributed by atoms with van der Waals surface area (Å²) in [7, 11) is 1.36. The Morgan fingerprint density at radius 2 is 1.93 bits per heavy atom. The van der Waals surface area contributed by atoms with Gasteiger partial charge in [-0.25, -0.2) is 4.79 Å². The van der Waals surface area contributed by atoms with Gasteiger partial charge in [-0.2, -0.15) is 13.2 Å². The lowest BCUT2D eigenvalue weighted by atomic mass is 10.3. The molecule has 0 spiro atoms. The first-order valence-corrected chi connectivity index (χ1v) is 3.93. The number of halogens is 3. The zero-order valence-corrected chi connectivity index (χ0v) is 7.47. The lowest BCUT2D eigenvalue weighted by molar-refractivity contribution is -0.158. The molecule has 0 aromatic rings. The van der Waals surface area contributed by atoms with Gasteiger partial charge in [0.1, 0.15) is 6.54 Å². The lowest BCUT2D eigenvalue weighted by Crippen LogP contribution is -2.53. The summed E-state index contributed by atoms with van der Waals surface area (Å²) in [6, 6.07) is -0.890. The van der Waals surface area contributed by atoms with Crippen LogP contribution in [0.5, 0.6) is 0 Å². The third-order valence-corrected chi connectivity index (χ3v) is 1.86. The molecule has 7 heteroatoms. The maximum atomic E-state index is 11.9. The summed E-state index contributed by atoms with van der Waals surface area (Å²) in [5, 5.41) is 0. The van der Waals surface area contributed by atoms with Crippen LogP contribution in [-0.2, 0) is 4.79 Å². The molecule has 14 heavy (non-hydrogen) atoms. The zero-order chi connectivity index (χ0) is 10.9. The van der Waals surface area contributed by atoms with Gasteiger partial charge in [-0.3, -0.25) is 9.69 Å². The fourth-order valence-corrected chi connectivity index (χ4v) is 1.14. The van der Waals surface area contributed by atoms with E-state index in [1.165, 1.54) is 7.05 Å². The van der Waals surface area contributed by atoms with Crippen molar-refractivity contribution in [1.29, 1.82) is 0 Å². The van der Waals surface area contributed by atoms with Crippen LogP contribution >= 0.6 is 0 Å². The molecule has 0 aromatic heterocycles. The Balaban J connectivity index is 2.73. The van der Waals surface area contributed by atoms with Crippen LogP contribution in [-0.4, -0.2) is 48.1 Å². The van der Waals surface area contributed by atoms with Gasteiger partial charge in [0.15, 0.2) is 0 Å². The summed E-state index contributed by atoms with van der Waals surface area (Å²) in [6.45, 7) is -1.33. The van der Waals surface area contributed by atoms with Gasteiger partial charge in [0.05, 0.1) is 0 Å². The van der Waals surface area contributed by atoms with Crippen LogP contribution in [0.15, 0.2) is 0 Å². The number of carbonyl (C=O) groups is 2. The van der Waals surface area contributed by atoms with Gasteiger partial charge in [-0.05, 0) is 0 Å². The minimum atomic E-state index is -4.54. The smallest absolute Gasteiger partial charge is 0.327 e.